The standard InChI is InChI=1S/C30H53N/c1-4-7-9-11-13-15-17-22-27-31(28-23-18-16-14-12-10-8-5-2)30(24-6-3)29-25-20-19-21-26-29/h6,19-21,25-26,30H,3-5,7-18,22-24,27-28H2,1-2H3. The number of unbranched alkanes of at least 4 members (excludes halogenated alkanes) is 14. The van der Waals surface area contributed by atoms with Gasteiger partial charge in [0.25, 0.3) is 0 Å². The van der Waals surface area contributed by atoms with Gasteiger partial charge in [-0.25, -0.2) is 0 Å². The molecule has 0 aromatic heterocycles. The van der Waals surface area contributed by atoms with Crippen LogP contribution in [0.1, 0.15) is 135 Å². The summed E-state index contributed by atoms with van der Waals surface area (Å²) in [6.07, 6.45) is 25.5. The molecule has 1 unspecified atom stereocenters. The molecular weight excluding hydrogens is 374 g/mol. The summed E-state index contributed by atoms with van der Waals surface area (Å²) in [4.78, 5) is 2.77. The summed E-state index contributed by atoms with van der Waals surface area (Å²) in [7, 11) is 0. The molecule has 0 heterocycles. The lowest BCUT2D eigenvalue weighted by Gasteiger charge is -2.32. The van der Waals surface area contributed by atoms with Gasteiger partial charge in [0.15, 0.2) is 0 Å². The Hall–Kier alpha value is -1.08. The quantitative estimate of drug-likeness (QED) is 0.131. The Bertz CT molecular complexity index is 474. The molecule has 0 aliphatic heterocycles. The van der Waals surface area contributed by atoms with Gasteiger partial charge < -0.3 is 0 Å². The molecule has 0 saturated carbocycles. The zero-order valence-electron chi connectivity index (χ0n) is 21.1. The molecule has 1 aromatic carbocycles. The average Bonchev–Trinajstić information content (AvgIpc) is 2.80. The fourth-order valence-electron chi connectivity index (χ4n) is 4.65. The van der Waals surface area contributed by atoms with Crippen LogP contribution in [0.25, 0.3) is 0 Å². The normalized spacial score (nSPS) is 12.4. The lowest BCUT2D eigenvalue weighted by atomic mass is 10.00. The predicted octanol–water partition coefficient (Wildman–Crippen LogP) is 9.89. The van der Waals surface area contributed by atoms with E-state index in [-0.39, 0.29) is 0 Å². The molecule has 1 heteroatoms. The van der Waals surface area contributed by atoms with Crippen molar-refractivity contribution >= 4 is 0 Å². The number of hydrogen-bond acceptors (Lipinski definition) is 1. The molecule has 0 amide bonds. The fourth-order valence-corrected chi connectivity index (χ4v) is 4.65. The van der Waals surface area contributed by atoms with Crippen molar-refractivity contribution in [1.82, 2.24) is 4.90 Å². The maximum Gasteiger partial charge on any atom is 0.0382 e. The van der Waals surface area contributed by atoms with Crippen molar-refractivity contribution < 1.29 is 0 Å². The maximum absolute atomic E-state index is 4.07. The molecule has 0 spiro atoms. The molecule has 0 aliphatic rings. The first-order valence-electron chi connectivity index (χ1n) is 13.7. The van der Waals surface area contributed by atoms with Gasteiger partial charge in [-0.05, 0) is 37.9 Å². The number of benzene rings is 1. The lowest BCUT2D eigenvalue weighted by molar-refractivity contribution is 0.189. The Balaban J connectivity index is 2.45. The first-order chi connectivity index (χ1) is 15.3. The van der Waals surface area contributed by atoms with Crippen LogP contribution in [0.2, 0.25) is 0 Å². The van der Waals surface area contributed by atoms with Crippen molar-refractivity contribution in [2.45, 2.75) is 129 Å². The highest BCUT2D eigenvalue weighted by Gasteiger charge is 2.18. The van der Waals surface area contributed by atoms with Crippen LogP contribution in [0.15, 0.2) is 43.0 Å². The highest BCUT2D eigenvalue weighted by Crippen LogP contribution is 2.26. The van der Waals surface area contributed by atoms with Gasteiger partial charge >= 0.3 is 0 Å². The SMILES string of the molecule is C=CCC(c1ccccc1)N(CCCCCCCCCC)CCCCCCCCCC. The van der Waals surface area contributed by atoms with Gasteiger partial charge in [-0.1, -0.05) is 140 Å². The van der Waals surface area contributed by atoms with E-state index in [4.69, 9.17) is 0 Å². The molecule has 0 saturated heterocycles. The molecule has 0 N–H and O–H groups in total. The summed E-state index contributed by atoms with van der Waals surface area (Å²) in [5, 5.41) is 0. The summed E-state index contributed by atoms with van der Waals surface area (Å²) < 4.78 is 0. The highest BCUT2D eigenvalue weighted by atomic mass is 15.1. The summed E-state index contributed by atoms with van der Waals surface area (Å²) in [5.41, 5.74) is 1.46. The summed E-state index contributed by atoms with van der Waals surface area (Å²) in [6.45, 7) is 11.1. The third-order valence-corrected chi connectivity index (χ3v) is 6.61. The van der Waals surface area contributed by atoms with E-state index in [9.17, 15) is 0 Å². The van der Waals surface area contributed by atoms with E-state index in [1.54, 1.807) is 0 Å². The van der Waals surface area contributed by atoms with Crippen LogP contribution in [0.4, 0.5) is 0 Å². The van der Waals surface area contributed by atoms with Gasteiger partial charge in [0, 0.05) is 6.04 Å². The van der Waals surface area contributed by atoms with Crippen LogP contribution < -0.4 is 0 Å². The van der Waals surface area contributed by atoms with Crippen LogP contribution in [0.3, 0.4) is 0 Å². The minimum atomic E-state index is 0.493. The third kappa shape index (κ3) is 14.6. The Labute approximate surface area is 195 Å². The molecule has 31 heavy (non-hydrogen) atoms. The molecule has 0 aliphatic carbocycles. The predicted molar refractivity (Wildman–Crippen MR) is 141 cm³/mol. The highest BCUT2D eigenvalue weighted by molar-refractivity contribution is 5.19. The molecule has 1 rings (SSSR count). The van der Waals surface area contributed by atoms with Gasteiger partial charge in [-0.3, -0.25) is 4.90 Å². The Morgan fingerprint density at radius 3 is 1.48 bits per heavy atom. The van der Waals surface area contributed by atoms with Crippen LogP contribution in [0, 0.1) is 0 Å². The maximum atomic E-state index is 4.07. The minimum Gasteiger partial charge on any atom is -0.296 e. The van der Waals surface area contributed by atoms with Crippen molar-refractivity contribution in [1.29, 1.82) is 0 Å². The summed E-state index contributed by atoms with van der Waals surface area (Å²) in [6, 6.07) is 11.6. The molecule has 1 aromatic rings. The van der Waals surface area contributed by atoms with Crippen LogP contribution in [-0.4, -0.2) is 18.0 Å². The first kappa shape index (κ1) is 28.0. The Kier molecular flexibility index (Phi) is 18.8. The monoisotopic (exact) mass is 427 g/mol. The van der Waals surface area contributed by atoms with E-state index in [0.717, 1.165) is 6.42 Å². The van der Waals surface area contributed by atoms with E-state index in [2.05, 4.69) is 61.7 Å². The molecule has 0 bridgehead atoms. The summed E-state index contributed by atoms with van der Waals surface area (Å²) in [5.74, 6) is 0. The lowest BCUT2D eigenvalue weighted by Crippen LogP contribution is -2.31. The van der Waals surface area contributed by atoms with Gasteiger partial charge in [0.1, 0.15) is 0 Å². The molecule has 0 fully saturated rings. The Morgan fingerprint density at radius 2 is 1.06 bits per heavy atom. The van der Waals surface area contributed by atoms with Gasteiger partial charge in [-0.2, -0.15) is 0 Å². The first-order valence-corrected chi connectivity index (χ1v) is 13.7. The molecule has 1 nitrogen and oxygen atoms in total. The second kappa shape index (κ2) is 20.8. The van der Waals surface area contributed by atoms with Gasteiger partial charge in [-0.15, -0.1) is 6.58 Å². The zero-order valence-corrected chi connectivity index (χ0v) is 21.1. The van der Waals surface area contributed by atoms with E-state index < -0.39 is 0 Å². The number of nitrogens with zero attached hydrogens (tertiary/aromatic N) is 1. The largest absolute Gasteiger partial charge is 0.296 e. The number of rotatable bonds is 22. The third-order valence-electron chi connectivity index (χ3n) is 6.61. The zero-order chi connectivity index (χ0) is 22.4. The van der Waals surface area contributed by atoms with E-state index in [0.29, 0.717) is 6.04 Å². The van der Waals surface area contributed by atoms with Crippen molar-refractivity contribution in [3.8, 4) is 0 Å². The second-order valence-electron chi connectivity index (χ2n) is 9.44. The second-order valence-corrected chi connectivity index (χ2v) is 9.44. The molecule has 0 radical (unpaired) electrons. The van der Waals surface area contributed by atoms with Crippen molar-refractivity contribution in [3.63, 3.8) is 0 Å². The van der Waals surface area contributed by atoms with Crippen LogP contribution in [0.5, 0.6) is 0 Å². The fraction of sp³-hybridized carbons (Fsp3) is 0.733. The van der Waals surface area contributed by atoms with Crippen LogP contribution >= 0.6 is 0 Å². The Morgan fingerprint density at radius 1 is 0.645 bits per heavy atom. The molecule has 178 valence electrons. The summed E-state index contributed by atoms with van der Waals surface area (Å²) >= 11 is 0. The van der Waals surface area contributed by atoms with E-state index in [1.165, 1.54) is 121 Å². The van der Waals surface area contributed by atoms with Crippen LogP contribution in [-0.2, 0) is 0 Å². The smallest absolute Gasteiger partial charge is 0.0382 e. The van der Waals surface area contributed by atoms with E-state index >= 15 is 0 Å². The average molecular weight is 428 g/mol. The molecular formula is C30H53N. The van der Waals surface area contributed by atoms with Gasteiger partial charge in [0.2, 0.25) is 0 Å². The molecule has 1 atom stereocenters. The van der Waals surface area contributed by atoms with E-state index in [1.807, 2.05) is 0 Å². The van der Waals surface area contributed by atoms with Crippen molar-refractivity contribution in [2.75, 3.05) is 13.1 Å². The number of hydrogen-bond donors (Lipinski definition) is 0. The van der Waals surface area contributed by atoms with Crippen molar-refractivity contribution in [2.24, 2.45) is 0 Å². The topological polar surface area (TPSA) is 3.24 Å². The van der Waals surface area contributed by atoms with Gasteiger partial charge in [0.05, 0.1) is 0 Å². The minimum absolute atomic E-state index is 0.493. The van der Waals surface area contributed by atoms with Crippen molar-refractivity contribution in [3.05, 3.63) is 48.6 Å².